The van der Waals surface area contributed by atoms with Gasteiger partial charge in [-0.3, -0.25) is 4.79 Å². The fraction of sp³-hybridized carbons (Fsp3) is 0.562. The Morgan fingerprint density at radius 2 is 1.82 bits per heavy atom. The molecular weight excluding hydrogens is 321 g/mol. The van der Waals surface area contributed by atoms with Crippen molar-refractivity contribution in [3.63, 3.8) is 0 Å². The van der Waals surface area contributed by atoms with Crippen LogP contribution in [0.4, 0.5) is 5.69 Å². The Bertz CT molecular complexity index is 423. The molecule has 126 valence electrons. The number of carbonyl (C=O) groups is 1. The topological polar surface area (TPSA) is 44.4 Å². The van der Waals surface area contributed by atoms with Crippen LogP contribution in [0.2, 0.25) is 0 Å². The van der Waals surface area contributed by atoms with Crippen molar-refractivity contribution in [1.82, 2.24) is 10.6 Å². The molecule has 0 spiro atoms. The molecule has 22 heavy (non-hydrogen) atoms. The third-order valence-corrected chi connectivity index (χ3v) is 3.92. The largest absolute Gasteiger partial charge is 0.371 e. The molecule has 1 fully saturated rings. The number of amides is 1. The Hall–Kier alpha value is -0.970. The smallest absolute Gasteiger partial charge is 0.224 e. The van der Waals surface area contributed by atoms with Gasteiger partial charge < -0.3 is 15.5 Å². The van der Waals surface area contributed by atoms with E-state index in [-0.39, 0.29) is 36.6 Å². The van der Waals surface area contributed by atoms with Crippen LogP contribution >= 0.6 is 24.8 Å². The molecule has 1 atom stereocenters. The first-order chi connectivity index (χ1) is 9.70. The van der Waals surface area contributed by atoms with E-state index in [1.807, 2.05) is 20.0 Å². The van der Waals surface area contributed by atoms with E-state index in [0.717, 1.165) is 32.5 Å². The molecule has 6 heteroatoms. The van der Waals surface area contributed by atoms with Gasteiger partial charge in [0, 0.05) is 37.3 Å². The lowest BCUT2D eigenvalue weighted by Gasteiger charge is -2.34. The molecule has 0 radical (unpaired) electrons. The Morgan fingerprint density at radius 3 is 2.36 bits per heavy atom. The highest BCUT2D eigenvalue weighted by Crippen LogP contribution is 2.19. The van der Waals surface area contributed by atoms with E-state index in [0.29, 0.717) is 6.04 Å². The SMILES string of the molecule is CNCC(C)C(=O)NC1CCN(c2ccccc2)CC1.Cl.Cl. The van der Waals surface area contributed by atoms with Gasteiger partial charge in [-0.05, 0) is 32.0 Å². The van der Waals surface area contributed by atoms with E-state index in [9.17, 15) is 4.79 Å². The predicted molar refractivity (Wildman–Crippen MR) is 97.4 cm³/mol. The number of hydrogen-bond donors (Lipinski definition) is 2. The molecule has 4 nitrogen and oxygen atoms in total. The average molecular weight is 348 g/mol. The number of anilines is 1. The molecule has 1 aromatic rings. The first-order valence-electron chi connectivity index (χ1n) is 7.45. The highest BCUT2D eigenvalue weighted by atomic mass is 35.5. The van der Waals surface area contributed by atoms with Crippen molar-refractivity contribution >= 4 is 36.4 Å². The van der Waals surface area contributed by atoms with Crippen LogP contribution in [-0.2, 0) is 4.79 Å². The van der Waals surface area contributed by atoms with E-state index in [1.165, 1.54) is 5.69 Å². The van der Waals surface area contributed by atoms with E-state index in [2.05, 4.69) is 39.8 Å². The molecule has 2 N–H and O–H groups in total. The Balaban J connectivity index is 0.00000220. The van der Waals surface area contributed by atoms with Crippen molar-refractivity contribution < 1.29 is 4.79 Å². The molecule has 1 unspecified atom stereocenters. The summed E-state index contributed by atoms with van der Waals surface area (Å²) in [5.41, 5.74) is 1.28. The first kappa shape index (κ1) is 21.0. The summed E-state index contributed by atoms with van der Waals surface area (Å²) in [5.74, 6) is 0.199. The van der Waals surface area contributed by atoms with Crippen molar-refractivity contribution in [2.75, 3.05) is 31.6 Å². The minimum Gasteiger partial charge on any atom is -0.371 e. The van der Waals surface area contributed by atoms with E-state index >= 15 is 0 Å². The van der Waals surface area contributed by atoms with Crippen LogP contribution in [-0.4, -0.2) is 38.6 Å². The molecule has 1 aliphatic heterocycles. The monoisotopic (exact) mass is 347 g/mol. The molecule has 0 bridgehead atoms. The summed E-state index contributed by atoms with van der Waals surface area (Å²) in [6.45, 7) is 4.71. The molecule has 0 saturated carbocycles. The summed E-state index contributed by atoms with van der Waals surface area (Å²) in [6, 6.07) is 10.8. The van der Waals surface area contributed by atoms with Gasteiger partial charge in [0.05, 0.1) is 0 Å². The zero-order chi connectivity index (χ0) is 14.4. The maximum absolute atomic E-state index is 12.0. The molecule has 1 amide bonds. The van der Waals surface area contributed by atoms with Gasteiger partial charge >= 0.3 is 0 Å². The number of piperidine rings is 1. The van der Waals surface area contributed by atoms with Gasteiger partial charge in [-0.1, -0.05) is 25.1 Å². The van der Waals surface area contributed by atoms with Crippen LogP contribution in [0.15, 0.2) is 30.3 Å². The zero-order valence-electron chi connectivity index (χ0n) is 13.2. The molecule has 1 saturated heterocycles. The standard InChI is InChI=1S/C16H25N3O.2ClH/c1-13(12-17-2)16(20)18-14-8-10-19(11-9-14)15-6-4-3-5-7-15;;/h3-7,13-14,17H,8-12H2,1-2H3,(H,18,20);2*1H. The number of nitrogens with zero attached hydrogens (tertiary/aromatic N) is 1. The number of benzene rings is 1. The van der Waals surface area contributed by atoms with Crippen LogP contribution in [0.1, 0.15) is 19.8 Å². The third-order valence-electron chi connectivity index (χ3n) is 3.92. The number of hydrogen-bond acceptors (Lipinski definition) is 3. The highest BCUT2D eigenvalue weighted by molar-refractivity contribution is 5.85. The second-order valence-electron chi connectivity index (χ2n) is 5.56. The van der Waals surface area contributed by atoms with E-state index < -0.39 is 0 Å². The molecule has 1 aliphatic rings. The maximum atomic E-state index is 12.0. The summed E-state index contributed by atoms with van der Waals surface area (Å²) in [7, 11) is 1.88. The Labute approximate surface area is 145 Å². The zero-order valence-corrected chi connectivity index (χ0v) is 14.9. The summed E-state index contributed by atoms with van der Waals surface area (Å²) >= 11 is 0. The number of rotatable bonds is 5. The van der Waals surface area contributed by atoms with Crippen LogP contribution in [0.3, 0.4) is 0 Å². The van der Waals surface area contributed by atoms with Gasteiger partial charge in [-0.15, -0.1) is 24.8 Å². The summed E-state index contributed by atoms with van der Waals surface area (Å²) in [5, 5.41) is 6.21. The fourth-order valence-electron chi connectivity index (χ4n) is 2.66. The lowest BCUT2D eigenvalue weighted by Crippen LogP contribution is -2.47. The second kappa shape index (κ2) is 10.7. The summed E-state index contributed by atoms with van der Waals surface area (Å²) in [4.78, 5) is 14.4. The fourth-order valence-corrected chi connectivity index (χ4v) is 2.66. The second-order valence-corrected chi connectivity index (χ2v) is 5.56. The Morgan fingerprint density at radius 1 is 1.23 bits per heavy atom. The minimum absolute atomic E-state index is 0. The van der Waals surface area contributed by atoms with Gasteiger partial charge in [-0.2, -0.15) is 0 Å². The van der Waals surface area contributed by atoms with Crippen LogP contribution in [0.25, 0.3) is 0 Å². The molecule has 1 aromatic carbocycles. The average Bonchev–Trinajstić information content (AvgIpc) is 2.49. The van der Waals surface area contributed by atoms with E-state index in [1.54, 1.807) is 0 Å². The van der Waals surface area contributed by atoms with E-state index in [4.69, 9.17) is 0 Å². The van der Waals surface area contributed by atoms with Crippen LogP contribution < -0.4 is 15.5 Å². The third kappa shape index (κ3) is 6.03. The normalized spacial score (nSPS) is 16.2. The quantitative estimate of drug-likeness (QED) is 0.859. The highest BCUT2D eigenvalue weighted by Gasteiger charge is 2.22. The summed E-state index contributed by atoms with van der Waals surface area (Å²) < 4.78 is 0. The molecule has 2 rings (SSSR count). The molecular formula is C16H27Cl2N3O. The van der Waals surface area contributed by atoms with Crippen LogP contribution in [0, 0.1) is 5.92 Å². The van der Waals surface area contributed by atoms with Crippen molar-refractivity contribution in [2.45, 2.75) is 25.8 Å². The Kier molecular flexibility index (Phi) is 10.2. The number of halogens is 2. The van der Waals surface area contributed by atoms with Gasteiger partial charge in [0.15, 0.2) is 0 Å². The van der Waals surface area contributed by atoms with Crippen molar-refractivity contribution in [1.29, 1.82) is 0 Å². The van der Waals surface area contributed by atoms with Gasteiger partial charge in [0.25, 0.3) is 0 Å². The minimum atomic E-state index is 0. The van der Waals surface area contributed by atoms with Gasteiger partial charge in [0.2, 0.25) is 5.91 Å². The van der Waals surface area contributed by atoms with Crippen LogP contribution in [0.5, 0.6) is 0 Å². The number of para-hydroxylation sites is 1. The number of nitrogens with one attached hydrogen (secondary N) is 2. The maximum Gasteiger partial charge on any atom is 0.224 e. The predicted octanol–water partition coefficient (Wildman–Crippen LogP) is 2.47. The van der Waals surface area contributed by atoms with Crippen molar-refractivity contribution in [2.24, 2.45) is 5.92 Å². The molecule has 0 aliphatic carbocycles. The lowest BCUT2D eigenvalue weighted by atomic mass is 10.0. The number of carbonyl (C=O) groups excluding carboxylic acids is 1. The van der Waals surface area contributed by atoms with Gasteiger partial charge in [-0.25, -0.2) is 0 Å². The molecule has 0 aromatic heterocycles. The van der Waals surface area contributed by atoms with Crippen molar-refractivity contribution in [3.05, 3.63) is 30.3 Å². The van der Waals surface area contributed by atoms with Gasteiger partial charge in [0.1, 0.15) is 0 Å². The van der Waals surface area contributed by atoms with Crippen molar-refractivity contribution in [3.8, 4) is 0 Å². The summed E-state index contributed by atoms with van der Waals surface area (Å²) in [6.07, 6.45) is 2.04. The lowest BCUT2D eigenvalue weighted by molar-refractivity contribution is -0.125. The molecule has 1 heterocycles. The first-order valence-corrected chi connectivity index (χ1v) is 7.45.